The summed E-state index contributed by atoms with van der Waals surface area (Å²) in [7, 11) is 1.71. The molecular weight excluding hydrogens is 316 g/mol. The van der Waals surface area contributed by atoms with Crippen molar-refractivity contribution < 1.29 is 4.74 Å². The third-order valence-corrected chi connectivity index (χ3v) is 6.10. The maximum atomic E-state index is 5.23. The third-order valence-electron chi connectivity index (χ3n) is 4.75. The van der Waals surface area contributed by atoms with Crippen LogP contribution in [0.5, 0.6) is 5.75 Å². The van der Waals surface area contributed by atoms with Crippen molar-refractivity contribution in [2.75, 3.05) is 20.2 Å². The molecule has 3 nitrogen and oxygen atoms in total. The van der Waals surface area contributed by atoms with E-state index in [2.05, 4.69) is 47.4 Å². The van der Waals surface area contributed by atoms with E-state index in [-0.39, 0.29) is 0 Å². The van der Waals surface area contributed by atoms with E-state index in [1.54, 1.807) is 7.11 Å². The Morgan fingerprint density at radius 1 is 1.12 bits per heavy atom. The molecule has 2 aromatic carbocycles. The Morgan fingerprint density at radius 3 is 2.67 bits per heavy atom. The molecule has 0 aromatic heterocycles. The number of rotatable bonds is 5. The fourth-order valence-electron chi connectivity index (χ4n) is 3.41. The predicted octanol–water partition coefficient (Wildman–Crippen LogP) is 4.16. The largest absolute Gasteiger partial charge is 0.497 e. The molecule has 4 heteroatoms. The summed E-state index contributed by atoms with van der Waals surface area (Å²) in [4.78, 5) is 7.52. The second kappa shape index (κ2) is 6.89. The Bertz CT molecular complexity index is 714. The molecule has 1 saturated heterocycles. The Kier molecular flexibility index (Phi) is 4.48. The maximum Gasteiger partial charge on any atom is 0.118 e. The number of benzene rings is 2. The Hall–Kier alpha value is -1.94. The smallest absolute Gasteiger partial charge is 0.118 e. The zero-order valence-electron chi connectivity index (χ0n) is 13.9. The summed E-state index contributed by atoms with van der Waals surface area (Å²) in [5.41, 5.74) is 2.68. The minimum absolute atomic E-state index is 0.311. The molecule has 124 valence electrons. The lowest BCUT2D eigenvalue weighted by molar-refractivity contribution is 0.414. The van der Waals surface area contributed by atoms with Crippen LogP contribution < -0.4 is 4.74 Å². The first-order valence-electron chi connectivity index (χ1n) is 8.45. The highest BCUT2D eigenvalue weighted by molar-refractivity contribution is 7.99. The van der Waals surface area contributed by atoms with Gasteiger partial charge in [0.1, 0.15) is 11.6 Å². The number of methoxy groups -OCH3 is 1. The van der Waals surface area contributed by atoms with Gasteiger partial charge in [0, 0.05) is 18.8 Å². The van der Waals surface area contributed by atoms with Crippen LogP contribution in [-0.4, -0.2) is 36.2 Å². The van der Waals surface area contributed by atoms with Crippen molar-refractivity contribution in [1.82, 2.24) is 4.90 Å². The fraction of sp³-hybridized carbons (Fsp3) is 0.350. The minimum Gasteiger partial charge on any atom is -0.497 e. The van der Waals surface area contributed by atoms with E-state index in [0.29, 0.717) is 11.3 Å². The molecule has 1 fully saturated rings. The van der Waals surface area contributed by atoms with Gasteiger partial charge < -0.3 is 9.64 Å². The molecule has 2 atom stereocenters. The Balaban J connectivity index is 1.41. The van der Waals surface area contributed by atoms with Gasteiger partial charge in [0.2, 0.25) is 0 Å². The molecule has 4 rings (SSSR count). The van der Waals surface area contributed by atoms with E-state index in [1.807, 2.05) is 23.9 Å². The molecule has 0 bridgehead atoms. The number of thioether (sulfide) groups is 1. The Labute approximate surface area is 147 Å². The van der Waals surface area contributed by atoms with Crippen molar-refractivity contribution in [2.24, 2.45) is 4.99 Å². The van der Waals surface area contributed by atoms with Crippen molar-refractivity contribution in [3.05, 3.63) is 65.7 Å². The summed E-state index contributed by atoms with van der Waals surface area (Å²) in [5, 5.41) is 0.529. The van der Waals surface area contributed by atoms with Crippen molar-refractivity contribution >= 4 is 17.6 Å². The van der Waals surface area contributed by atoms with Gasteiger partial charge in [-0.1, -0.05) is 42.5 Å². The van der Waals surface area contributed by atoms with E-state index in [4.69, 9.17) is 9.73 Å². The number of nitrogens with zero attached hydrogens (tertiary/aromatic N) is 2. The number of amidine groups is 1. The lowest BCUT2D eigenvalue weighted by Gasteiger charge is -2.14. The van der Waals surface area contributed by atoms with Crippen molar-refractivity contribution in [2.45, 2.75) is 23.5 Å². The Morgan fingerprint density at radius 2 is 1.92 bits per heavy atom. The maximum absolute atomic E-state index is 5.23. The van der Waals surface area contributed by atoms with Gasteiger partial charge in [-0.05, 0) is 29.7 Å². The van der Waals surface area contributed by atoms with Crippen LogP contribution >= 0.6 is 11.8 Å². The van der Waals surface area contributed by atoms with Crippen LogP contribution in [0.3, 0.4) is 0 Å². The number of hydrogen-bond donors (Lipinski definition) is 0. The first-order chi connectivity index (χ1) is 11.8. The molecule has 0 aliphatic carbocycles. The van der Waals surface area contributed by atoms with Crippen LogP contribution in [0.4, 0.5) is 0 Å². The molecule has 24 heavy (non-hydrogen) atoms. The van der Waals surface area contributed by atoms with E-state index in [9.17, 15) is 0 Å². The van der Waals surface area contributed by atoms with Gasteiger partial charge in [-0.15, -0.1) is 11.8 Å². The summed E-state index contributed by atoms with van der Waals surface area (Å²) in [6, 6.07) is 19.4. The van der Waals surface area contributed by atoms with E-state index in [0.717, 1.165) is 24.6 Å². The van der Waals surface area contributed by atoms with Crippen molar-refractivity contribution in [3.63, 3.8) is 0 Å². The van der Waals surface area contributed by atoms with Gasteiger partial charge in [-0.2, -0.15) is 0 Å². The zero-order valence-corrected chi connectivity index (χ0v) is 14.7. The second-order valence-corrected chi connectivity index (χ2v) is 7.49. The SMILES string of the molecule is COc1ccc(CSC2CCN3CC(c4ccccc4)N=C23)cc1. The van der Waals surface area contributed by atoms with E-state index in [1.165, 1.54) is 23.4 Å². The average molecular weight is 338 g/mol. The lowest BCUT2D eigenvalue weighted by Crippen LogP contribution is -2.24. The first-order valence-corrected chi connectivity index (χ1v) is 9.50. The molecule has 0 saturated carbocycles. The molecule has 2 unspecified atom stereocenters. The van der Waals surface area contributed by atoms with Gasteiger partial charge in [-0.25, -0.2) is 0 Å². The lowest BCUT2D eigenvalue weighted by atomic mass is 10.1. The van der Waals surface area contributed by atoms with E-state index < -0.39 is 0 Å². The molecule has 2 aliphatic rings. The molecule has 2 aliphatic heterocycles. The topological polar surface area (TPSA) is 24.8 Å². The number of hydrogen-bond acceptors (Lipinski definition) is 4. The molecule has 2 aromatic rings. The zero-order chi connectivity index (χ0) is 16.4. The monoisotopic (exact) mass is 338 g/mol. The fourth-order valence-corrected chi connectivity index (χ4v) is 4.63. The van der Waals surface area contributed by atoms with Crippen molar-refractivity contribution in [1.29, 1.82) is 0 Å². The number of aliphatic imine (C=N–C) groups is 1. The normalized spacial score (nSPS) is 22.4. The van der Waals surface area contributed by atoms with Crippen LogP contribution in [0.2, 0.25) is 0 Å². The quantitative estimate of drug-likeness (QED) is 0.818. The molecular formula is C20H22N2OS. The summed E-state index contributed by atoms with van der Waals surface area (Å²) < 4.78 is 5.23. The highest BCUT2D eigenvalue weighted by Gasteiger charge is 2.36. The summed E-state index contributed by atoms with van der Waals surface area (Å²) in [6.45, 7) is 2.18. The summed E-state index contributed by atoms with van der Waals surface area (Å²) in [5.74, 6) is 3.25. The van der Waals surface area contributed by atoms with Gasteiger partial charge in [0.15, 0.2) is 0 Å². The van der Waals surface area contributed by atoms with Gasteiger partial charge in [0.05, 0.1) is 18.4 Å². The predicted molar refractivity (Wildman–Crippen MR) is 101 cm³/mol. The van der Waals surface area contributed by atoms with Crippen LogP contribution in [-0.2, 0) is 5.75 Å². The van der Waals surface area contributed by atoms with E-state index >= 15 is 0 Å². The highest BCUT2D eigenvalue weighted by Crippen LogP contribution is 2.35. The molecule has 2 heterocycles. The third kappa shape index (κ3) is 3.16. The van der Waals surface area contributed by atoms with Crippen LogP contribution in [0.15, 0.2) is 59.6 Å². The van der Waals surface area contributed by atoms with Gasteiger partial charge in [0.25, 0.3) is 0 Å². The van der Waals surface area contributed by atoms with Gasteiger partial charge in [-0.3, -0.25) is 4.99 Å². The van der Waals surface area contributed by atoms with Crippen molar-refractivity contribution in [3.8, 4) is 5.75 Å². The average Bonchev–Trinajstić information content (AvgIpc) is 3.22. The molecule has 0 N–H and O–H groups in total. The molecule has 0 spiro atoms. The van der Waals surface area contributed by atoms with Crippen LogP contribution in [0.25, 0.3) is 0 Å². The number of fused-ring (bicyclic) bond motifs is 1. The summed E-state index contributed by atoms with van der Waals surface area (Å²) in [6.07, 6.45) is 1.21. The van der Waals surface area contributed by atoms with Gasteiger partial charge >= 0.3 is 0 Å². The van der Waals surface area contributed by atoms with Crippen LogP contribution in [0, 0.1) is 0 Å². The highest BCUT2D eigenvalue weighted by atomic mass is 32.2. The minimum atomic E-state index is 0.311. The molecule has 0 radical (unpaired) electrons. The standard InChI is InChI=1S/C20H22N2OS/c1-23-17-9-7-15(8-10-17)14-24-19-11-12-22-13-18(21-20(19)22)16-5-3-2-4-6-16/h2-10,18-19H,11-14H2,1H3. The number of ether oxygens (including phenoxy) is 1. The summed E-state index contributed by atoms with van der Waals surface area (Å²) >= 11 is 2.01. The molecule has 0 amide bonds. The second-order valence-electron chi connectivity index (χ2n) is 6.30. The van der Waals surface area contributed by atoms with Crippen LogP contribution in [0.1, 0.15) is 23.6 Å². The first kappa shape index (κ1) is 15.6.